The van der Waals surface area contributed by atoms with Crippen molar-refractivity contribution >= 4 is 17.5 Å². The second-order valence-electron chi connectivity index (χ2n) is 7.57. The Labute approximate surface area is 175 Å². The zero-order valence-corrected chi connectivity index (χ0v) is 16.7. The molecule has 7 heteroatoms. The van der Waals surface area contributed by atoms with Crippen LogP contribution >= 0.6 is 0 Å². The third-order valence-electron chi connectivity index (χ3n) is 5.69. The SMILES string of the molecule is O=C(Nc1ccc(C2OCC(=O)N(C3CCOCC3)C2CO)cc1)c1ccccc1. The summed E-state index contributed by atoms with van der Waals surface area (Å²) >= 11 is 0. The largest absolute Gasteiger partial charge is 0.394 e. The van der Waals surface area contributed by atoms with E-state index < -0.39 is 12.1 Å². The molecular weight excluding hydrogens is 384 g/mol. The zero-order valence-electron chi connectivity index (χ0n) is 16.7. The van der Waals surface area contributed by atoms with E-state index in [1.54, 1.807) is 17.0 Å². The van der Waals surface area contributed by atoms with E-state index in [0.717, 1.165) is 18.4 Å². The lowest BCUT2D eigenvalue weighted by atomic mass is 9.95. The Bertz CT molecular complexity index is 865. The number of rotatable bonds is 5. The van der Waals surface area contributed by atoms with E-state index >= 15 is 0 Å². The van der Waals surface area contributed by atoms with Gasteiger partial charge in [0.2, 0.25) is 5.91 Å². The van der Waals surface area contributed by atoms with Gasteiger partial charge in [-0.3, -0.25) is 9.59 Å². The Balaban J connectivity index is 1.48. The molecule has 2 unspecified atom stereocenters. The van der Waals surface area contributed by atoms with Crippen molar-refractivity contribution in [2.75, 3.05) is 31.7 Å². The lowest BCUT2D eigenvalue weighted by Crippen LogP contribution is -2.57. The average molecular weight is 410 g/mol. The van der Waals surface area contributed by atoms with Gasteiger partial charge in [0.25, 0.3) is 5.91 Å². The van der Waals surface area contributed by atoms with Crippen LogP contribution in [0.2, 0.25) is 0 Å². The molecule has 2 aliphatic rings. The number of aliphatic hydroxyl groups excluding tert-OH is 1. The first kappa shape index (κ1) is 20.5. The van der Waals surface area contributed by atoms with Gasteiger partial charge < -0.3 is 24.8 Å². The molecule has 0 aliphatic carbocycles. The molecule has 0 spiro atoms. The van der Waals surface area contributed by atoms with Crippen LogP contribution in [0, 0.1) is 0 Å². The number of amides is 2. The van der Waals surface area contributed by atoms with Gasteiger partial charge in [-0.05, 0) is 42.7 Å². The van der Waals surface area contributed by atoms with Gasteiger partial charge in [0, 0.05) is 30.5 Å². The van der Waals surface area contributed by atoms with Crippen molar-refractivity contribution in [3.63, 3.8) is 0 Å². The maximum Gasteiger partial charge on any atom is 0.255 e. The van der Waals surface area contributed by atoms with Gasteiger partial charge in [-0.2, -0.15) is 0 Å². The van der Waals surface area contributed by atoms with E-state index in [4.69, 9.17) is 9.47 Å². The summed E-state index contributed by atoms with van der Waals surface area (Å²) in [6.07, 6.45) is 1.10. The smallest absolute Gasteiger partial charge is 0.255 e. The van der Waals surface area contributed by atoms with Gasteiger partial charge >= 0.3 is 0 Å². The van der Waals surface area contributed by atoms with Crippen LogP contribution in [-0.4, -0.2) is 60.3 Å². The first-order valence-electron chi connectivity index (χ1n) is 10.2. The number of carbonyl (C=O) groups excluding carboxylic acids is 2. The zero-order chi connectivity index (χ0) is 20.9. The number of anilines is 1. The number of benzene rings is 2. The summed E-state index contributed by atoms with van der Waals surface area (Å²) in [7, 11) is 0. The number of ether oxygens (including phenoxy) is 2. The number of carbonyl (C=O) groups is 2. The highest BCUT2D eigenvalue weighted by atomic mass is 16.5. The van der Waals surface area contributed by atoms with Crippen molar-refractivity contribution in [2.24, 2.45) is 0 Å². The molecule has 7 nitrogen and oxygen atoms in total. The predicted octanol–water partition coefficient (Wildman–Crippen LogP) is 2.38. The molecule has 2 aliphatic heterocycles. The fourth-order valence-electron chi connectivity index (χ4n) is 4.17. The van der Waals surface area contributed by atoms with Crippen molar-refractivity contribution in [1.82, 2.24) is 4.90 Å². The van der Waals surface area contributed by atoms with E-state index in [0.29, 0.717) is 24.5 Å². The molecule has 2 heterocycles. The molecule has 4 rings (SSSR count). The molecule has 0 saturated carbocycles. The molecule has 2 amide bonds. The summed E-state index contributed by atoms with van der Waals surface area (Å²) in [6, 6.07) is 16.0. The van der Waals surface area contributed by atoms with Gasteiger partial charge in [0.05, 0.1) is 12.6 Å². The highest BCUT2D eigenvalue weighted by Gasteiger charge is 2.41. The Kier molecular flexibility index (Phi) is 6.42. The number of hydrogen-bond donors (Lipinski definition) is 2. The van der Waals surface area contributed by atoms with Gasteiger partial charge in [-0.15, -0.1) is 0 Å². The van der Waals surface area contributed by atoms with Crippen LogP contribution in [-0.2, 0) is 14.3 Å². The highest BCUT2D eigenvalue weighted by Crippen LogP contribution is 2.33. The van der Waals surface area contributed by atoms with E-state index in [9.17, 15) is 14.7 Å². The van der Waals surface area contributed by atoms with E-state index in [-0.39, 0.29) is 31.1 Å². The second kappa shape index (κ2) is 9.38. The molecule has 2 aromatic carbocycles. The second-order valence-corrected chi connectivity index (χ2v) is 7.57. The van der Waals surface area contributed by atoms with E-state index in [2.05, 4.69) is 5.32 Å². The van der Waals surface area contributed by atoms with Crippen LogP contribution in [0.5, 0.6) is 0 Å². The summed E-state index contributed by atoms with van der Waals surface area (Å²) in [5.74, 6) is -0.272. The molecule has 0 radical (unpaired) electrons. The van der Waals surface area contributed by atoms with Crippen molar-refractivity contribution in [2.45, 2.75) is 31.0 Å². The van der Waals surface area contributed by atoms with Gasteiger partial charge in [0.15, 0.2) is 0 Å². The van der Waals surface area contributed by atoms with Crippen LogP contribution in [0.15, 0.2) is 54.6 Å². The number of morpholine rings is 1. The van der Waals surface area contributed by atoms with Crippen LogP contribution < -0.4 is 5.32 Å². The summed E-state index contributed by atoms with van der Waals surface area (Å²) in [5.41, 5.74) is 2.11. The number of nitrogens with one attached hydrogen (secondary N) is 1. The molecule has 0 aromatic heterocycles. The maximum absolute atomic E-state index is 12.6. The van der Waals surface area contributed by atoms with Crippen LogP contribution in [0.4, 0.5) is 5.69 Å². The van der Waals surface area contributed by atoms with Gasteiger partial charge in [-0.1, -0.05) is 30.3 Å². The van der Waals surface area contributed by atoms with Crippen molar-refractivity contribution < 1.29 is 24.2 Å². The fourth-order valence-corrected chi connectivity index (χ4v) is 4.17. The lowest BCUT2D eigenvalue weighted by molar-refractivity contribution is -0.168. The minimum atomic E-state index is -0.445. The molecule has 2 saturated heterocycles. The number of hydrogen-bond acceptors (Lipinski definition) is 5. The van der Waals surface area contributed by atoms with Crippen LogP contribution in [0.3, 0.4) is 0 Å². The first-order valence-corrected chi connectivity index (χ1v) is 10.2. The standard InChI is InChI=1S/C23H26N2O5/c26-14-20-22(30-15-21(27)25(20)19-10-12-29-13-11-19)16-6-8-18(9-7-16)24-23(28)17-4-2-1-3-5-17/h1-9,19-20,22,26H,10-15H2,(H,24,28). The van der Waals surface area contributed by atoms with E-state index in [1.807, 2.05) is 42.5 Å². The number of aliphatic hydroxyl groups is 1. The Morgan fingerprint density at radius 2 is 1.77 bits per heavy atom. The molecule has 158 valence electrons. The Hall–Kier alpha value is -2.74. The minimum absolute atomic E-state index is 0.00891. The first-order chi connectivity index (χ1) is 14.7. The monoisotopic (exact) mass is 410 g/mol. The van der Waals surface area contributed by atoms with Crippen LogP contribution in [0.25, 0.3) is 0 Å². The highest BCUT2D eigenvalue weighted by molar-refractivity contribution is 6.04. The third-order valence-corrected chi connectivity index (χ3v) is 5.69. The molecule has 2 N–H and O–H groups in total. The Morgan fingerprint density at radius 3 is 2.43 bits per heavy atom. The normalized spacial score (nSPS) is 22.7. The predicted molar refractivity (Wildman–Crippen MR) is 111 cm³/mol. The molecule has 2 atom stereocenters. The van der Waals surface area contributed by atoms with Crippen molar-refractivity contribution in [3.05, 3.63) is 65.7 Å². The van der Waals surface area contributed by atoms with Crippen molar-refractivity contribution in [3.8, 4) is 0 Å². The topological polar surface area (TPSA) is 88.1 Å². The molecular formula is C23H26N2O5. The molecule has 2 fully saturated rings. The fraction of sp³-hybridized carbons (Fsp3) is 0.391. The molecule has 2 aromatic rings. The Morgan fingerprint density at radius 1 is 1.07 bits per heavy atom. The van der Waals surface area contributed by atoms with Crippen molar-refractivity contribution in [1.29, 1.82) is 0 Å². The lowest BCUT2D eigenvalue weighted by Gasteiger charge is -2.45. The van der Waals surface area contributed by atoms with Crippen LogP contribution in [0.1, 0.15) is 34.9 Å². The minimum Gasteiger partial charge on any atom is -0.394 e. The van der Waals surface area contributed by atoms with Gasteiger partial charge in [-0.25, -0.2) is 0 Å². The quantitative estimate of drug-likeness (QED) is 0.790. The van der Waals surface area contributed by atoms with Gasteiger partial charge in [0.1, 0.15) is 12.7 Å². The third kappa shape index (κ3) is 4.38. The number of nitrogens with zero attached hydrogens (tertiary/aromatic N) is 1. The summed E-state index contributed by atoms with van der Waals surface area (Å²) in [6.45, 7) is 1.05. The maximum atomic E-state index is 12.6. The summed E-state index contributed by atoms with van der Waals surface area (Å²) in [4.78, 5) is 26.7. The average Bonchev–Trinajstić information content (AvgIpc) is 2.80. The summed E-state index contributed by atoms with van der Waals surface area (Å²) in [5, 5.41) is 13.0. The molecule has 0 bridgehead atoms. The molecule has 30 heavy (non-hydrogen) atoms. The van der Waals surface area contributed by atoms with E-state index in [1.165, 1.54) is 0 Å². The summed E-state index contributed by atoms with van der Waals surface area (Å²) < 4.78 is 11.2.